The van der Waals surface area contributed by atoms with Gasteiger partial charge < -0.3 is 29.5 Å². The van der Waals surface area contributed by atoms with E-state index in [0.29, 0.717) is 38.2 Å². The van der Waals surface area contributed by atoms with Crippen molar-refractivity contribution in [2.24, 2.45) is 0 Å². The van der Waals surface area contributed by atoms with Crippen LogP contribution < -0.4 is 15.8 Å². The third kappa shape index (κ3) is 7.00. The van der Waals surface area contributed by atoms with E-state index in [4.69, 9.17) is 16.3 Å². The molecule has 0 radical (unpaired) electrons. The first-order chi connectivity index (χ1) is 23.8. The van der Waals surface area contributed by atoms with Crippen LogP contribution in [0.2, 0.25) is 5.02 Å². The molecular formula is C32H33ClF3N9O5. The molecule has 1 aromatic carbocycles. The number of benzene rings is 1. The first-order valence-electron chi connectivity index (χ1n) is 15.9. The summed E-state index contributed by atoms with van der Waals surface area (Å²) >= 11 is 6.11. The summed E-state index contributed by atoms with van der Waals surface area (Å²) in [6.45, 7) is 4.99. The number of anilines is 2. The molecular weight excluding hydrogens is 683 g/mol. The molecule has 3 aromatic heterocycles. The number of fused-ring (bicyclic) bond motifs is 1. The molecule has 2 aliphatic rings. The zero-order valence-electron chi connectivity index (χ0n) is 27.1. The smallest absolute Gasteiger partial charge is 0.416 e. The van der Waals surface area contributed by atoms with Crippen molar-refractivity contribution in [2.75, 3.05) is 49.6 Å². The molecule has 0 aliphatic carbocycles. The first-order valence-corrected chi connectivity index (χ1v) is 16.2. The molecule has 2 amide bonds. The maximum Gasteiger partial charge on any atom is 0.416 e. The lowest BCUT2D eigenvalue weighted by atomic mass is 10.1. The van der Waals surface area contributed by atoms with E-state index in [1.807, 2.05) is 11.8 Å². The van der Waals surface area contributed by atoms with Gasteiger partial charge in [0.25, 0.3) is 11.5 Å². The summed E-state index contributed by atoms with van der Waals surface area (Å²) in [4.78, 5) is 56.6. The molecule has 2 saturated heterocycles. The van der Waals surface area contributed by atoms with Crippen LogP contribution in [0.5, 0.6) is 5.75 Å². The highest BCUT2D eigenvalue weighted by Crippen LogP contribution is 2.34. The van der Waals surface area contributed by atoms with Gasteiger partial charge in [-0.2, -0.15) is 22.7 Å². The molecule has 2 fully saturated rings. The number of nitrogens with zero attached hydrogens (tertiary/aromatic N) is 8. The van der Waals surface area contributed by atoms with E-state index in [1.165, 1.54) is 11.2 Å². The van der Waals surface area contributed by atoms with Gasteiger partial charge in [-0.3, -0.25) is 14.4 Å². The largest absolute Gasteiger partial charge is 0.504 e. The predicted molar refractivity (Wildman–Crippen MR) is 176 cm³/mol. The highest BCUT2D eigenvalue weighted by atomic mass is 35.5. The van der Waals surface area contributed by atoms with Crippen molar-refractivity contribution >= 4 is 46.6 Å². The predicted octanol–water partition coefficient (Wildman–Crippen LogP) is 3.72. The van der Waals surface area contributed by atoms with Gasteiger partial charge in [0.15, 0.2) is 17.3 Å². The molecule has 5 heterocycles. The zero-order chi connectivity index (χ0) is 35.7. The van der Waals surface area contributed by atoms with Gasteiger partial charge in [-0.1, -0.05) is 24.1 Å². The fraction of sp³-hybridized carbons (Fsp3) is 0.406. The summed E-state index contributed by atoms with van der Waals surface area (Å²) in [5.74, 6) is -1.02. The number of hydrogen-bond acceptors (Lipinski definition) is 10. The number of rotatable bonds is 7. The monoisotopic (exact) mass is 715 g/mol. The second kappa shape index (κ2) is 14.1. The summed E-state index contributed by atoms with van der Waals surface area (Å²) in [7, 11) is 0. The molecule has 0 unspecified atom stereocenters. The Bertz CT molecular complexity index is 2050. The second-order valence-corrected chi connectivity index (χ2v) is 12.2. The summed E-state index contributed by atoms with van der Waals surface area (Å²) in [6, 6.07) is 2.63. The lowest BCUT2D eigenvalue weighted by molar-refractivity contribution is -0.137. The van der Waals surface area contributed by atoms with E-state index < -0.39 is 29.1 Å². The Morgan fingerprint density at radius 1 is 1.12 bits per heavy atom. The number of nitrogens with one attached hydrogen (secondary N) is 1. The minimum atomic E-state index is -4.61. The van der Waals surface area contributed by atoms with Crippen LogP contribution in [0.4, 0.5) is 24.5 Å². The van der Waals surface area contributed by atoms with Crippen molar-refractivity contribution in [3.05, 3.63) is 73.9 Å². The Balaban J connectivity index is 1.34. The fourth-order valence-electron chi connectivity index (χ4n) is 6.00. The van der Waals surface area contributed by atoms with Crippen LogP contribution in [-0.4, -0.2) is 90.3 Å². The van der Waals surface area contributed by atoms with Gasteiger partial charge in [-0.05, 0) is 50.5 Å². The van der Waals surface area contributed by atoms with Gasteiger partial charge in [-0.25, -0.2) is 9.97 Å². The van der Waals surface area contributed by atoms with E-state index in [2.05, 4.69) is 25.4 Å². The number of alkyl halides is 3. The van der Waals surface area contributed by atoms with Crippen LogP contribution in [0.3, 0.4) is 0 Å². The van der Waals surface area contributed by atoms with Crippen molar-refractivity contribution < 1.29 is 32.6 Å². The zero-order valence-corrected chi connectivity index (χ0v) is 27.9. The van der Waals surface area contributed by atoms with Crippen molar-refractivity contribution in [3.63, 3.8) is 0 Å². The van der Waals surface area contributed by atoms with Gasteiger partial charge in [0, 0.05) is 26.2 Å². The summed E-state index contributed by atoms with van der Waals surface area (Å²) < 4.78 is 47.7. The van der Waals surface area contributed by atoms with Gasteiger partial charge in [0.1, 0.15) is 18.6 Å². The molecule has 0 atom stereocenters. The molecule has 0 bridgehead atoms. The highest BCUT2D eigenvalue weighted by molar-refractivity contribution is 6.33. The number of aryl methyl sites for hydroxylation is 1. The molecule has 2 aliphatic heterocycles. The number of ether oxygens (including phenoxy) is 1. The van der Waals surface area contributed by atoms with Gasteiger partial charge >= 0.3 is 6.18 Å². The fourth-order valence-corrected chi connectivity index (χ4v) is 6.23. The Morgan fingerprint density at radius 2 is 1.84 bits per heavy atom. The molecule has 0 saturated carbocycles. The summed E-state index contributed by atoms with van der Waals surface area (Å²) in [6.07, 6.45) is 0.0368. The maximum atomic E-state index is 14.1. The lowest BCUT2D eigenvalue weighted by Crippen LogP contribution is -2.51. The first kappa shape index (κ1) is 34.8. The highest BCUT2D eigenvalue weighted by Gasteiger charge is 2.32. The minimum Gasteiger partial charge on any atom is -0.504 e. The van der Waals surface area contributed by atoms with Crippen molar-refractivity contribution in [1.82, 2.24) is 34.0 Å². The van der Waals surface area contributed by atoms with Crippen LogP contribution in [0.1, 0.15) is 53.0 Å². The van der Waals surface area contributed by atoms with Gasteiger partial charge in [0.05, 0.1) is 40.9 Å². The number of hydrogen-bond donors (Lipinski definition) is 2. The summed E-state index contributed by atoms with van der Waals surface area (Å²) in [5.41, 5.74) is 0.499. The number of carbonyl (C=O) groups excluding carboxylic acids is 2. The minimum absolute atomic E-state index is 0.0166. The number of aromatic nitrogens is 6. The molecule has 6 rings (SSSR count). The number of aromatic hydroxyl groups is 1. The molecule has 14 nitrogen and oxygen atoms in total. The third-order valence-electron chi connectivity index (χ3n) is 8.61. The molecule has 18 heteroatoms. The molecule has 4 aromatic rings. The average Bonchev–Trinajstić information content (AvgIpc) is 3.52. The number of carbonyl (C=O) groups is 2. The van der Waals surface area contributed by atoms with E-state index in [9.17, 15) is 32.7 Å². The Hall–Kier alpha value is -5.03. The molecule has 50 heavy (non-hydrogen) atoms. The third-order valence-corrected chi connectivity index (χ3v) is 8.92. The van der Waals surface area contributed by atoms with E-state index >= 15 is 0 Å². The van der Waals surface area contributed by atoms with Gasteiger partial charge in [-0.15, -0.1) is 5.10 Å². The standard InChI is InChI=1S/C32H33ClF3N9O5/c1-3-23-27(42-8-10-43(11-9-42)29(48)26-28(47)18(2)37-17-38-26)30(49)45-31(40-24(41-45)14-19-6-12-50-13-7-19)44(23)16-25(46)39-22-5-4-20(15-21(22)33)32(34,35)36/h4-5,14-15,17,47H,3,6-13,16H2,1-2H3,(H,39,46). The molecule has 0 spiro atoms. The lowest BCUT2D eigenvalue weighted by Gasteiger charge is -2.36. The second-order valence-electron chi connectivity index (χ2n) is 11.8. The maximum absolute atomic E-state index is 14.1. The molecule has 2 N–H and O–H groups in total. The van der Waals surface area contributed by atoms with Crippen molar-refractivity contribution in [2.45, 2.75) is 45.8 Å². The number of amides is 2. The van der Waals surface area contributed by atoms with Crippen LogP contribution in [-0.2, 0) is 28.7 Å². The Morgan fingerprint density at radius 3 is 2.50 bits per heavy atom. The van der Waals surface area contributed by atoms with Crippen LogP contribution in [0.25, 0.3) is 11.9 Å². The average molecular weight is 716 g/mol. The number of halogens is 4. The van der Waals surface area contributed by atoms with E-state index in [-0.39, 0.29) is 77.9 Å². The Kier molecular flexibility index (Phi) is 9.80. The van der Waals surface area contributed by atoms with E-state index in [1.54, 1.807) is 17.6 Å². The van der Waals surface area contributed by atoms with Crippen LogP contribution in [0, 0.1) is 6.92 Å². The quantitative estimate of drug-likeness (QED) is 0.289. The van der Waals surface area contributed by atoms with E-state index in [0.717, 1.165) is 28.3 Å². The normalized spacial score (nSPS) is 15.4. The van der Waals surface area contributed by atoms with Crippen LogP contribution in [0.15, 0.2) is 34.9 Å². The Labute approximate surface area is 288 Å². The van der Waals surface area contributed by atoms with Gasteiger partial charge in [0.2, 0.25) is 11.7 Å². The SMILES string of the molecule is CCc1c(N2CCN(C(=O)c3ncnc(C)c3O)CC2)c(=O)n2nc(C=C3CCOCC3)nc2n1CC(=O)Nc1ccc(C(F)(F)F)cc1Cl. The summed E-state index contributed by atoms with van der Waals surface area (Å²) in [5, 5.41) is 17.1. The van der Waals surface area contributed by atoms with Crippen molar-refractivity contribution in [3.8, 4) is 5.75 Å². The number of piperazine rings is 1. The topological polar surface area (TPSA) is 160 Å². The molecule has 264 valence electrons. The van der Waals surface area contributed by atoms with Crippen molar-refractivity contribution in [1.29, 1.82) is 0 Å². The van der Waals surface area contributed by atoms with Crippen LogP contribution >= 0.6 is 11.6 Å².